The van der Waals surface area contributed by atoms with Gasteiger partial charge in [0.1, 0.15) is 17.3 Å². The van der Waals surface area contributed by atoms with Crippen LogP contribution < -0.4 is 11.2 Å². The number of imidazole rings is 1. The molecule has 0 saturated carbocycles. The summed E-state index contributed by atoms with van der Waals surface area (Å²) in [5, 5.41) is 0. The standard InChI is InChI=1S/C16H10F6N4O2/c1-25-10(16(20,21)22)6-12(27)26(14(25)28)11-7-23-13(24-11)8-4-2-3-5-9(8)15(17,18)19/h2-7H,1H3,(H,23,24). The number of halogens is 6. The van der Waals surface area contributed by atoms with Crippen molar-refractivity contribution in [3.63, 3.8) is 0 Å². The van der Waals surface area contributed by atoms with Crippen LogP contribution in [0.2, 0.25) is 0 Å². The van der Waals surface area contributed by atoms with Crippen molar-refractivity contribution in [2.24, 2.45) is 7.05 Å². The zero-order valence-corrected chi connectivity index (χ0v) is 13.9. The maximum absolute atomic E-state index is 13.1. The summed E-state index contributed by atoms with van der Waals surface area (Å²) in [6.45, 7) is 0. The highest BCUT2D eigenvalue weighted by atomic mass is 19.4. The van der Waals surface area contributed by atoms with Gasteiger partial charge in [-0.05, 0) is 6.07 Å². The van der Waals surface area contributed by atoms with E-state index in [1.54, 1.807) is 0 Å². The third-order valence-electron chi connectivity index (χ3n) is 3.90. The first-order chi connectivity index (χ1) is 12.9. The number of H-pyrrole nitrogens is 1. The smallest absolute Gasteiger partial charge is 0.324 e. The molecule has 0 aliphatic carbocycles. The summed E-state index contributed by atoms with van der Waals surface area (Å²) in [7, 11) is 0.817. The molecule has 0 spiro atoms. The second-order valence-electron chi connectivity index (χ2n) is 5.70. The van der Waals surface area contributed by atoms with Crippen LogP contribution in [0.4, 0.5) is 26.3 Å². The first-order valence-corrected chi connectivity index (χ1v) is 7.53. The van der Waals surface area contributed by atoms with Crippen LogP contribution in [-0.4, -0.2) is 19.1 Å². The molecule has 12 heteroatoms. The van der Waals surface area contributed by atoms with E-state index in [9.17, 15) is 35.9 Å². The zero-order chi connectivity index (χ0) is 20.9. The van der Waals surface area contributed by atoms with Gasteiger partial charge in [-0.25, -0.2) is 14.3 Å². The van der Waals surface area contributed by atoms with Crippen molar-refractivity contribution in [3.05, 3.63) is 68.6 Å². The highest BCUT2D eigenvalue weighted by Gasteiger charge is 2.36. The Morgan fingerprint density at radius 3 is 2.25 bits per heavy atom. The molecule has 0 atom stereocenters. The Morgan fingerprint density at radius 1 is 1.00 bits per heavy atom. The Labute approximate surface area is 151 Å². The summed E-state index contributed by atoms with van der Waals surface area (Å²) in [4.78, 5) is 30.4. The normalized spacial score (nSPS) is 12.4. The van der Waals surface area contributed by atoms with Gasteiger partial charge in [-0.15, -0.1) is 0 Å². The van der Waals surface area contributed by atoms with Gasteiger partial charge < -0.3 is 4.98 Å². The van der Waals surface area contributed by atoms with Crippen molar-refractivity contribution < 1.29 is 26.3 Å². The number of rotatable bonds is 2. The number of hydrogen-bond acceptors (Lipinski definition) is 3. The van der Waals surface area contributed by atoms with E-state index in [1.807, 2.05) is 0 Å². The van der Waals surface area contributed by atoms with Crippen LogP contribution in [0, 0.1) is 0 Å². The van der Waals surface area contributed by atoms with Crippen molar-refractivity contribution in [1.29, 1.82) is 0 Å². The molecule has 3 aromatic rings. The molecule has 148 valence electrons. The van der Waals surface area contributed by atoms with E-state index in [-0.39, 0.29) is 27.8 Å². The molecule has 0 saturated heterocycles. The number of alkyl halides is 6. The molecule has 0 unspecified atom stereocenters. The Morgan fingerprint density at radius 2 is 1.64 bits per heavy atom. The summed E-state index contributed by atoms with van der Waals surface area (Å²) >= 11 is 0. The molecule has 0 fully saturated rings. The van der Waals surface area contributed by atoms with E-state index in [0.717, 1.165) is 25.4 Å². The van der Waals surface area contributed by atoms with Gasteiger partial charge >= 0.3 is 18.0 Å². The lowest BCUT2D eigenvalue weighted by Gasteiger charge is -2.13. The second-order valence-corrected chi connectivity index (χ2v) is 5.70. The van der Waals surface area contributed by atoms with Gasteiger partial charge in [-0.3, -0.25) is 9.36 Å². The topological polar surface area (TPSA) is 72.7 Å². The van der Waals surface area contributed by atoms with Gasteiger partial charge in [0, 0.05) is 18.7 Å². The van der Waals surface area contributed by atoms with E-state index >= 15 is 0 Å². The molecule has 1 N–H and O–H groups in total. The van der Waals surface area contributed by atoms with Crippen molar-refractivity contribution in [2.75, 3.05) is 0 Å². The number of nitrogens with one attached hydrogen (secondary N) is 1. The monoisotopic (exact) mass is 404 g/mol. The second kappa shape index (κ2) is 6.39. The Hall–Kier alpha value is -3.31. The molecule has 2 aromatic heterocycles. The summed E-state index contributed by atoms with van der Waals surface area (Å²) in [6, 6.07) is 4.66. The van der Waals surface area contributed by atoms with Crippen molar-refractivity contribution in [1.82, 2.24) is 19.1 Å². The van der Waals surface area contributed by atoms with Crippen LogP contribution in [-0.2, 0) is 19.4 Å². The number of benzene rings is 1. The molecule has 28 heavy (non-hydrogen) atoms. The van der Waals surface area contributed by atoms with Gasteiger partial charge in [0.2, 0.25) is 0 Å². The third kappa shape index (κ3) is 3.32. The fourth-order valence-electron chi connectivity index (χ4n) is 2.62. The molecule has 6 nitrogen and oxygen atoms in total. The zero-order valence-electron chi connectivity index (χ0n) is 13.9. The molecular weight excluding hydrogens is 394 g/mol. The maximum Gasteiger partial charge on any atom is 0.431 e. The Kier molecular flexibility index (Phi) is 4.44. The van der Waals surface area contributed by atoms with E-state index in [1.165, 1.54) is 12.1 Å². The minimum absolute atomic E-state index is 0.214. The summed E-state index contributed by atoms with van der Waals surface area (Å²) in [5.74, 6) is -0.678. The van der Waals surface area contributed by atoms with Crippen LogP contribution in [0.1, 0.15) is 11.3 Å². The lowest BCUT2D eigenvalue weighted by molar-refractivity contribution is -0.144. The van der Waals surface area contributed by atoms with Crippen LogP contribution in [0.5, 0.6) is 0 Å². The van der Waals surface area contributed by atoms with Gasteiger partial charge in [0.05, 0.1) is 11.8 Å². The van der Waals surface area contributed by atoms with Crippen molar-refractivity contribution >= 4 is 0 Å². The Bertz CT molecular complexity index is 1150. The molecule has 0 radical (unpaired) electrons. The molecule has 0 bridgehead atoms. The fourth-order valence-corrected chi connectivity index (χ4v) is 2.62. The fraction of sp³-hybridized carbons (Fsp3) is 0.188. The lowest BCUT2D eigenvalue weighted by atomic mass is 10.1. The molecule has 0 aliphatic rings. The minimum atomic E-state index is -4.93. The molecule has 3 rings (SSSR count). The molecule has 0 amide bonds. The van der Waals surface area contributed by atoms with E-state index in [2.05, 4.69) is 9.97 Å². The van der Waals surface area contributed by atoms with Gasteiger partial charge in [0.15, 0.2) is 0 Å². The summed E-state index contributed by atoms with van der Waals surface area (Å²) in [5.41, 5.74) is -5.46. The SMILES string of the molecule is Cn1c(C(F)(F)F)cc(=O)n(-c2cnc(-c3ccccc3C(F)(F)F)[nH]2)c1=O. The first kappa shape index (κ1) is 19.5. The van der Waals surface area contributed by atoms with Gasteiger partial charge in [-0.1, -0.05) is 18.2 Å². The highest BCUT2D eigenvalue weighted by molar-refractivity contribution is 5.62. The third-order valence-corrected chi connectivity index (χ3v) is 3.90. The van der Waals surface area contributed by atoms with E-state index < -0.39 is 34.9 Å². The number of aromatic amines is 1. The summed E-state index contributed by atoms with van der Waals surface area (Å²) < 4.78 is 78.7. The van der Waals surface area contributed by atoms with E-state index in [0.29, 0.717) is 4.57 Å². The van der Waals surface area contributed by atoms with Crippen LogP contribution in [0.3, 0.4) is 0 Å². The van der Waals surface area contributed by atoms with Crippen LogP contribution in [0.15, 0.2) is 46.1 Å². The van der Waals surface area contributed by atoms with Crippen molar-refractivity contribution in [2.45, 2.75) is 12.4 Å². The molecule has 2 heterocycles. The van der Waals surface area contributed by atoms with Crippen LogP contribution >= 0.6 is 0 Å². The lowest BCUT2D eigenvalue weighted by Crippen LogP contribution is -2.40. The number of nitrogens with zero attached hydrogens (tertiary/aromatic N) is 3. The predicted octanol–water partition coefficient (Wildman–Crippen LogP) is 2.96. The van der Waals surface area contributed by atoms with Gasteiger partial charge in [0.25, 0.3) is 5.56 Å². The molecule has 0 aliphatic heterocycles. The maximum atomic E-state index is 13.1. The highest BCUT2D eigenvalue weighted by Crippen LogP contribution is 2.36. The first-order valence-electron chi connectivity index (χ1n) is 7.53. The average molecular weight is 404 g/mol. The van der Waals surface area contributed by atoms with Crippen molar-refractivity contribution in [3.8, 4) is 17.2 Å². The average Bonchev–Trinajstić information content (AvgIpc) is 3.06. The summed E-state index contributed by atoms with van der Waals surface area (Å²) in [6.07, 6.45) is -8.74. The molecular formula is C16H10F6N4O2. The largest absolute Gasteiger partial charge is 0.431 e. The predicted molar refractivity (Wildman–Crippen MR) is 84.9 cm³/mol. The molecule has 1 aromatic carbocycles. The van der Waals surface area contributed by atoms with Crippen LogP contribution in [0.25, 0.3) is 17.2 Å². The number of hydrogen-bond donors (Lipinski definition) is 1. The van der Waals surface area contributed by atoms with E-state index in [4.69, 9.17) is 0 Å². The Balaban J connectivity index is 2.17. The quantitative estimate of drug-likeness (QED) is 0.668. The van der Waals surface area contributed by atoms with Gasteiger partial charge in [-0.2, -0.15) is 26.3 Å². The minimum Gasteiger partial charge on any atom is -0.324 e. The number of aromatic nitrogens is 4.